The predicted octanol–water partition coefficient (Wildman–Crippen LogP) is 2.18. The number of ether oxygens (including phenoxy) is 3. The number of hydrazone groups is 1. The fourth-order valence-corrected chi connectivity index (χ4v) is 4.46. The van der Waals surface area contributed by atoms with Crippen molar-refractivity contribution in [3.63, 3.8) is 0 Å². The second-order valence-corrected chi connectivity index (χ2v) is 8.85. The van der Waals surface area contributed by atoms with Crippen molar-refractivity contribution in [2.75, 3.05) is 66.8 Å². The van der Waals surface area contributed by atoms with Crippen molar-refractivity contribution in [3.8, 4) is 5.75 Å². The number of nitrogens with zero attached hydrogens (tertiary/aromatic N) is 4. The van der Waals surface area contributed by atoms with Crippen LogP contribution >= 0.6 is 0 Å². The summed E-state index contributed by atoms with van der Waals surface area (Å²) in [5.74, 6) is 0.324. The molecule has 1 unspecified atom stereocenters. The first kappa shape index (κ1) is 25.8. The van der Waals surface area contributed by atoms with E-state index in [1.54, 1.807) is 12.0 Å². The van der Waals surface area contributed by atoms with Gasteiger partial charge in [-0.2, -0.15) is 5.10 Å². The van der Waals surface area contributed by atoms with Crippen LogP contribution in [0.4, 0.5) is 0 Å². The van der Waals surface area contributed by atoms with Gasteiger partial charge in [-0.15, -0.1) is 0 Å². The molecule has 4 rings (SSSR count). The first-order chi connectivity index (χ1) is 17.6. The Bertz CT molecular complexity index is 1040. The van der Waals surface area contributed by atoms with E-state index in [1.165, 1.54) is 12.1 Å². The molecule has 9 heteroatoms. The van der Waals surface area contributed by atoms with Crippen LogP contribution in [0.15, 0.2) is 59.7 Å². The van der Waals surface area contributed by atoms with Gasteiger partial charge in [-0.3, -0.25) is 14.5 Å². The highest BCUT2D eigenvalue weighted by molar-refractivity contribution is 6.03. The van der Waals surface area contributed by atoms with Gasteiger partial charge in [0.25, 0.3) is 5.91 Å². The van der Waals surface area contributed by atoms with Crippen LogP contribution < -0.4 is 4.74 Å². The van der Waals surface area contributed by atoms with Crippen LogP contribution in [0.2, 0.25) is 0 Å². The van der Waals surface area contributed by atoms with Crippen molar-refractivity contribution < 1.29 is 23.8 Å². The molecule has 0 N–H and O–H groups in total. The molecule has 0 aliphatic carbocycles. The minimum absolute atomic E-state index is 0.0603. The lowest BCUT2D eigenvalue weighted by Crippen LogP contribution is -2.47. The van der Waals surface area contributed by atoms with E-state index in [4.69, 9.17) is 19.3 Å². The molecule has 1 saturated heterocycles. The van der Waals surface area contributed by atoms with E-state index in [1.807, 2.05) is 54.6 Å². The molecule has 0 aromatic heterocycles. The number of carbonyl (C=O) groups is 2. The van der Waals surface area contributed by atoms with Crippen molar-refractivity contribution >= 4 is 17.5 Å². The molecule has 1 fully saturated rings. The van der Waals surface area contributed by atoms with Gasteiger partial charge in [-0.1, -0.05) is 30.3 Å². The second kappa shape index (κ2) is 12.6. The topological polar surface area (TPSA) is 83.9 Å². The van der Waals surface area contributed by atoms with Crippen LogP contribution in [-0.2, 0) is 19.1 Å². The highest BCUT2D eigenvalue weighted by Crippen LogP contribution is 2.33. The molecule has 2 aliphatic rings. The molecule has 0 spiro atoms. The summed E-state index contributed by atoms with van der Waals surface area (Å²) in [7, 11) is 3.11. The molecule has 0 saturated carbocycles. The van der Waals surface area contributed by atoms with Gasteiger partial charge in [0.15, 0.2) is 0 Å². The van der Waals surface area contributed by atoms with E-state index in [0.717, 1.165) is 35.7 Å². The molecule has 0 bridgehead atoms. The molecule has 9 nitrogen and oxygen atoms in total. The minimum Gasteiger partial charge on any atom is -0.497 e. The molecule has 2 aromatic rings. The Kier molecular flexibility index (Phi) is 9.05. The summed E-state index contributed by atoms with van der Waals surface area (Å²) >= 11 is 0. The van der Waals surface area contributed by atoms with Crippen molar-refractivity contribution in [3.05, 3.63) is 65.7 Å². The third-order valence-corrected chi connectivity index (χ3v) is 6.51. The molecule has 36 heavy (non-hydrogen) atoms. The number of methoxy groups -OCH3 is 2. The zero-order valence-corrected chi connectivity index (χ0v) is 21.0. The largest absolute Gasteiger partial charge is 0.497 e. The van der Waals surface area contributed by atoms with Crippen molar-refractivity contribution in [2.45, 2.75) is 12.5 Å². The van der Waals surface area contributed by atoms with Crippen molar-refractivity contribution in [2.24, 2.45) is 5.10 Å². The van der Waals surface area contributed by atoms with Gasteiger partial charge >= 0.3 is 0 Å². The van der Waals surface area contributed by atoms with E-state index in [2.05, 4.69) is 4.90 Å². The molecular weight excluding hydrogens is 460 g/mol. The number of hydrogen-bond acceptors (Lipinski definition) is 7. The maximum Gasteiger partial charge on any atom is 0.262 e. The van der Waals surface area contributed by atoms with E-state index >= 15 is 0 Å². The second-order valence-electron chi connectivity index (χ2n) is 8.85. The smallest absolute Gasteiger partial charge is 0.262 e. The minimum atomic E-state index is -0.241. The van der Waals surface area contributed by atoms with Crippen LogP contribution in [0.25, 0.3) is 0 Å². The van der Waals surface area contributed by atoms with E-state index < -0.39 is 0 Å². The van der Waals surface area contributed by atoms with Gasteiger partial charge in [0, 0.05) is 39.7 Å². The summed E-state index contributed by atoms with van der Waals surface area (Å²) in [6, 6.07) is 17.3. The monoisotopic (exact) mass is 494 g/mol. The predicted molar refractivity (Wildman–Crippen MR) is 136 cm³/mol. The van der Waals surface area contributed by atoms with Crippen molar-refractivity contribution in [1.29, 1.82) is 0 Å². The molecule has 2 amide bonds. The maximum absolute atomic E-state index is 13.6. The average molecular weight is 495 g/mol. The van der Waals surface area contributed by atoms with Gasteiger partial charge < -0.3 is 19.1 Å². The molecule has 2 aliphatic heterocycles. The molecule has 1 atom stereocenters. The van der Waals surface area contributed by atoms with E-state index in [9.17, 15) is 9.59 Å². The van der Waals surface area contributed by atoms with Crippen LogP contribution in [0.3, 0.4) is 0 Å². The fraction of sp³-hybridized carbons (Fsp3) is 0.444. The normalized spacial score (nSPS) is 18.1. The van der Waals surface area contributed by atoms with Gasteiger partial charge in [0.05, 0.1) is 32.1 Å². The maximum atomic E-state index is 13.6. The van der Waals surface area contributed by atoms with E-state index in [0.29, 0.717) is 32.7 Å². The number of rotatable bonds is 10. The number of benzene rings is 2. The molecule has 192 valence electrons. The molecule has 2 heterocycles. The summed E-state index contributed by atoms with van der Waals surface area (Å²) in [5.41, 5.74) is 2.76. The summed E-state index contributed by atoms with van der Waals surface area (Å²) in [5, 5.41) is 6.28. The SMILES string of the molecule is COCC(=O)N(CCN1CCOCC1)CC(=O)N1N=C(c2ccc(OC)cc2)CC1c1ccccc1. The lowest BCUT2D eigenvalue weighted by atomic mass is 9.98. The van der Waals surface area contributed by atoms with Crippen molar-refractivity contribution in [1.82, 2.24) is 14.8 Å². The lowest BCUT2D eigenvalue weighted by Gasteiger charge is -2.31. The Morgan fingerprint density at radius 2 is 1.78 bits per heavy atom. The lowest BCUT2D eigenvalue weighted by molar-refractivity contribution is -0.143. The van der Waals surface area contributed by atoms with Gasteiger partial charge in [-0.05, 0) is 35.4 Å². The Labute approximate surface area is 212 Å². The van der Waals surface area contributed by atoms with Crippen LogP contribution in [0.5, 0.6) is 5.75 Å². The third kappa shape index (κ3) is 6.48. The van der Waals surface area contributed by atoms with Crippen LogP contribution in [0, 0.1) is 0 Å². The molecule has 2 aromatic carbocycles. The quantitative estimate of drug-likeness (QED) is 0.504. The highest BCUT2D eigenvalue weighted by Gasteiger charge is 2.34. The molecule has 0 radical (unpaired) electrons. The Balaban J connectivity index is 1.53. The number of hydrogen-bond donors (Lipinski definition) is 0. The van der Waals surface area contributed by atoms with Gasteiger partial charge in [0.1, 0.15) is 18.9 Å². The third-order valence-electron chi connectivity index (χ3n) is 6.51. The van der Waals surface area contributed by atoms with E-state index in [-0.39, 0.29) is 31.0 Å². The van der Waals surface area contributed by atoms with Gasteiger partial charge in [0.2, 0.25) is 5.91 Å². The van der Waals surface area contributed by atoms with Gasteiger partial charge in [-0.25, -0.2) is 5.01 Å². The van der Waals surface area contributed by atoms with Crippen LogP contribution in [0.1, 0.15) is 23.6 Å². The Morgan fingerprint density at radius 3 is 2.44 bits per heavy atom. The first-order valence-corrected chi connectivity index (χ1v) is 12.2. The first-order valence-electron chi connectivity index (χ1n) is 12.2. The summed E-state index contributed by atoms with van der Waals surface area (Å²) < 4.78 is 15.8. The Hall–Kier alpha value is -3.27. The molecular formula is C27H34N4O5. The zero-order chi connectivity index (χ0) is 25.3. The summed E-state index contributed by atoms with van der Waals surface area (Å²) in [4.78, 5) is 30.2. The number of carbonyl (C=O) groups excluding carboxylic acids is 2. The summed E-state index contributed by atoms with van der Waals surface area (Å²) in [6.45, 7) is 3.98. The standard InChI is InChI=1S/C27H34N4O5/c1-34-20-27(33)30(13-12-29-14-16-36-17-15-29)19-26(32)31-25(22-6-4-3-5-7-22)18-24(28-31)21-8-10-23(35-2)11-9-21/h3-11,25H,12-20H2,1-2H3. The van der Waals surface area contributed by atoms with Crippen LogP contribution in [-0.4, -0.2) is 99.1 Å². The summed E-state index contributed by atoms with van der Waals surface area (Å²) in [6.07, 6.45) is 0.585. The average Bonchev–Trinajstić information content (AvgIpc) is 3.38. The Morgan fingerprint density at radius 1 is 1.06 bits per heavy atom. The highest BCUT2D eigenvalue weighted by atomic mass is 16.5. The number of morpholine rings is 1. The number of amides is 2. The zero-order valence-electron chi connectivity index (χ0n) is 21.0. The fourth-order valence-electron chi connectivity index (χ4n) is 4.46.